The molecule has 0 radical (unpaired) electrons. The zero-order chi connectivity index (χ0) is 10.4. The number of carbonyl (C=O) groups is 1. The third kappa shape index (κ3) is 3.47. The average Bonchev–Trinajstić information content (AvgIpc) is 2.19. The summed E-state index contributed by atoms with van der Waals surface area (Å²) in [4.78, 5) is 15.1. The van der Waals surface area contributed by atoms with Gasteiger partial charge in [0.05, 0.1) is 0 Å². The molecule has 2 N–H and O–H groups in total. The van der Waals surface area contributed by atoms with Crippen molar-refractivity contribution in [2.45, 2.75) is 12.7 Å². The van der Waals surface area contributed by atoms with Crippen LogP contribution in [0.15, 0.2) is 18.5 Å². The highest BCUT2D eigenvalue weighted by Gasteiger charge is 2.01. The number of aromatic nitrogens is 1. The molecule has 0 aliphatic heterocycles. The van der Waals surface area contributed by atoms with Crippen LogP contribution in [0.25, 0.3) is 0 Å². The Kier molecular flexibility index (Phi) is 4.62. The number of carbonyl (C=O) groups excluding carboxylic acids is 1. The Hall–Kier alpha value is -0.870. The summed E-state index contributed by atoms with van der Waals surface area (Å²) in [5.74, 6) is 1.86. The number of hydrogen-bond donors (Lipinski definition) is 1. The van der Waals surface area contributed by atoms with E-state index in [1.165, 1.54) is 0 Å². The zero-order valence-corrected chi connectivity index (χ0v) is 9.01. The molecule has 0 aliphatic rings. The highest BCUT2D eigenvalue weighted by atomic mass is 32.2. The monoisotopic (exact) mass is 210 g/mol. The van der Waals surface area contributed by atoms with Gasteiger partial charge < -0.3 is 5.73 Å². The molecule has 0 unspecified atom stereocenters. The van der Waals surface area contributed by atoms with E-state index in [1.807, 2.05) is 6.07 Å². The number of nitrogens with two attached hydrogens (primary N) is 1. The van der Waals surface area contributed by atoms with Crippen molar-refractivity contribution in [2.75, 3.05) is 12.3 Å². The van der Waals surface area contributed by atoms with Crippen LogP contribution >= 0.6 is 11.8 Å². The molecule has 1 aromatic heterocycles. The number of Topliss-reactive ketones (excluding diaryl/α,β-unsaturated/α-hetero) is 1. The Labute approximate surface area is 88.1 Å². The van der Waals surface area contributed by atoms with E-state index in [1.54, 1.807) is 31.1 Å². The number of rotatable bonds is 5. The first-order valence-electron chi connectivity index (χ1n) is 4.46. The molecule has 0 saturated carbocycles. The molecule has 0 fully saturated rings. The molecular formula is C10H14N2OS. The van der Waals surface area contributed by atoms with Crippen LogP contribution in [0.4, 0.5) is 0 Å². The predicted molar refractivity (Wildman–Crippen MR) is 59.5 cm³/mol. The van der Waals surface area contributed by atoms with Gasteiger partial charge in [-0.3, -0.25) is 9.78 Å². The largest absolute Gasteiger partial charge is 0.330 e. The second kappa shape index (κ2) is 5.78. The maximum Gasteiger partial charge on any atom is 0.161 e. The van der Waals surface area contributed by atoms with Gasteiger partial charge in [-0.25, -0.2) is 0 Å². The number of ketones is 1. The third-order valence-electron chi connectivity index (χ3n) is 1.73. The van der Waals surface area contributed by atoms with Gasteiger partial charge in [0.2, 0.25) is 0 Å². The van der Waals surface area contributed by atoms with Crippen molar-refractivity contribution in [3.05, 3.63) is 29.6 Å². The highest BCUT2D eigenvalue weighted by molar-refractivity contribution is 7.98. The lowest BCUT2D eigenvalue weighted by atomic mass is 10.2. The van der Waals surface area contributed by atoms with Crippen molar-refractivity contribution in [3.8, 4) is 0 Å². The van der Waals surface area contributed by atoms with E-state index in [4.69, 9.17) is 5.73 Å². The van der Waals surface area contributed by atoms with Gasteiger partial charge >= 0.3 is 0 Å². The van der Waals surface area contributed by atoms with Gasteiger partial charge in [0, 0.05) is 36.0 Å². The SMILES string of the molecule is CC(=O)c1cncc(CSCCN)c1. The topological polar surface area (TPSA) is 56.0 Å². The van der Waals surface area contributed by atoms with Crippen LogP contribution in [0.5, 0.6) is 0 Å². The van der Waals surface area contributed by atoms with E-state index < -0.39 is 0 Å². The van der Waals surface area contributed by atoms with Crippen LogP contribution in [0.3, 0.4) is 0 Å². The molecule has 0 aliphatic carbocycles. The highest BCUT2D eigenvalue weighted by Crippen LogP contribution is 2.12. The maximum absolute atomic E-state index is 11.1. The van der Waals surface area contributed by atoms with E-state index in [2.05, 4.69) is 4.98 Å². The minimum atomic E-state index is 0.0585. The van der Waals surface area contributed by atoms with Crippen LogP contribution in [-0.4, -0.2) is 23.1 Å². The standard InChI is InChI=1S/C10H14N2OS/c1-8(13)10-4-9(5-12-6-10)7-14-3-2-11/h4-6H,2-3,7,11H2,1H3. The second-order valence-corrected chi connectivity index (χ2v) is 4.08. The fourth-order valence-electron chi connectivity index (χ4n) is 1.03. The first-order valence-corrected chi connectivity index (χ1v) is 5.62. The summed E-state index contributed by atoms with van der Waals surface area (Å²) in [5.41, 5.74) is 7.14. The van der Waals surface area contributed by atoms with Crippen molar-refractivity contribution < 1.29 is 4.79 Å². The fraction of sp³-hybridized carbons (Fsp3) is 0.400. The Morgan fingerprint density at radius 1 is 1.57 bits per heavy atom. The molecule has 1 heterocycles. The molecule has 14 heavy (non-hydrogen) atoms. The van der Waals surface area contributed by atoms with E-state index >= 15 is 0 Å². The summed E-state index contributed by atoms with van der Waals surface area (Å²) < 4.78 is 0. The maximum atomic E-state index is 11.1. The van der Waals surface area contributed by atoms with Crippen molar-refractivity contribution in [2.24, 2.45) is 5.73 Å². The Bertz CT molecular complexity index is 315. The van der Waals surface area contributed by atoms with Gasteiger partial charge in [-0.05, 0) is 18.6 Å². The lowest BCUT2D eigenvalue weighted by Gasteiger charge is -2.01. The summed E-state index contributed by atoms with van der Waals surface area (Å²) in [6.45, 7) is 2.23. The quantitative estimate of drug-likeness (QED) is 0.590. The van der Waals surface area contributed by atoms with E-state index in [9.17, 15) is 4.79 Å². The second-order valence-electron chi connectivity index (χ2n) is 2.98. The van der Waals surface area contributed by atoms with Crippen LogP contribution in [-0.2, 0) is 5.75 Å². The summed E-state index contributed by atoms with van der Waals surface area (Å²) >= 11 is 1.75. The van der Waals surface area contributed by atoms with Crippen LogP contribution in [0, 0.1) is 0 Å². The lowest BCUT2D eigenvalue weighted by molar-refractivity contribution is 0.101. The normalized spacial score (nSPS) is 10.1. The van der Waals surface area contributed by atoms with Crippen molar-refractivity contribution >= 4 is 17.5 Å². The first kappa shape index (κ1) is 11.2. The molecule has 0 spiro atoms. The van der Waals surface area contributed by atoms with E-state index in [0.717, 1.165) is 17.1 Å². The number of thioether (sulfide) groups is 1. The Balaban J connectivity index is 2.59. The molecule has 0 saturated heterocycles. The number of nitrogens with zero attached hydrogens (tertiary/aromatic N) is 1. The van der Waals surface area contributed by atoms with Crippen molar-refractivity contribution in [3.63, 3.8) is 0 Å². The number of hydrogen-bond acceptors (Lipinski definition) is 4. The minimum absolute atomic E-state index is 0.0585. The van der Waals surface area contributed by atoms with Gasteiger partial charge in [0.1, 0.15) is 0 Å². The van der Waals surface area contributed by atoms with Gasteiger partial charge in [0.25, 0.3) is 0 Å². The molecular weight excluding hydrogens is 196 g/mol. The number of pyridine rings is 1. The summed E-state index contributed by atoms with van der Waals surface area (Å²) in [6.07, 6.45) is 3.38. The molecule has 0 amide bonds. The average molecular weight is 210 g/mol. The zero-order valence-electron chi connectivity index (χ0n) is 8.19. The fourth-order valence-corrected chi connectivity index (χ4v) is 1.74. The molecule has 0 atom stereocenters. The van der Waals surface area contributed by atoms with Crippen molar-refractivity contribution in [1.29, 1.82) is 0 Å². The summed E-state index contributed by atoms with van der Waals surface area (Å²) in [5, 5.41) is 0. The smallest absolute Gasteiger partial charge is 0.161 e. The summed E-state index contributed by atoms with van der Waals surface area (Å²) in [6, 6.07) is 1.89. The third-order valence-corrected chi connectivity index (χ3v) is 2.79. The van der Waals surface area contributed by atoms with E-state index in [-0.39, 0.29) is 5.78 Å². The molecule has 1 aromatic rings. The Morgan fingerprint density at radius 3 is 3.00 bits per heavy atom. The van der Waals surface area contributed by atoms with Crippen LogP contribution < -0.4 is 5.73 Å². The van der Waals surface area contributed by atoms with Gasteiger partial charge in [-0.15, -0.1) is 0 Å². The van der Waals surface area contributed by atoms with E-state index in [0.29, 0.717) is 12.1 Å². The molecule has 3 nitrogen and oxygen atoms in total. The van der Waals surface area contributed by atoms with Gasteiger partial charge in [0.15, 0.2) is 5.78 Å². The predicted octanol–water partition coefficient (Wildman–Crippen LogP) is 1.48. The molecule has 4 heteroatoms. The van der Waals surface area contributed by atoms with Gasteiger partial charge in [-0.1, -0.05) is 0 Å². The Morgan fingerprint density at radius 2 is 2.36 bits per heavy atom. The van der Waals surface area contributed by atoms with Crippen LogP contribution in [0.1, 0.15) is 22.8 Å². The molecule has 76 valence electrons. The lowest BCUT2D eigenvalue weighted by Crippen LogP contribution is -2.01. The minimum Gasteiger partial charge on any atom is -0.330 e. The molecule has 0 bridgehead atoms. The molecule has 0 aromatic carbocycles. The summed E-state index contributed by atoms with van der Waals surface area (Å²) in [7, 11) is 0. The van der Waals surface area contributed by atoms with Crippen molar-refractivity contribution in [1.82, 2.24) is 4.98 Å². The van der Waals surface area contributed by atoms with Gasteiger partial charge in [-0.2, -0.15) is 11.8 Å². The molecule has 1 rings (SSSR count). The van der Waals surface area contributed by atoms with Crippen LogP contribution in [0.2, 0.25) is 0 Å². The first-order chi connectivity index (χ1) is 6.74.